The smallest absolute Gasteiger partial charge is 0.328 e. The van der Waals surface area contributed by atoms with Gasteiger partial charge in [0.15, 0.2) is 0 Å². The van der Waals surface area contributed by atoms with Gasteiger partial charge in [-0.15, -0.1) is 0 Å². The normalized spacial score (nSPS) is 9.95. The number of anilines is 1. The van der Waals surface area contributed by atoms with E-state index in [1.54, 1.807) is 24.5 Å². The molecule has 0 aliphatic carbocycles. The van der Waals surface area contributed by atoms with E-state index < -0.39 is 0 Å². The zero-order valence-electron chi connectivity index (χ0n) is 11.2. The summed E-state index contributed by atoms with van der Waals surface area (Å²) < 4.78 is 0. The monoisotopic (exact) mass is 263 g/mol. The number of aromatic nitrogens is 1. The molecule has 0 fully saturated rings. The molecule has 6 heteroatoms. The summed E-state index contributed by atoms with van der Waals surface area (Å²) >= 11 is 0. The van der Waals surface area contributed by atoms with E-state index >= 15 is 0 Å². The Hall–Kier alpha value is -2.11. The van der Waals surface area contributed by atoms with E-state index in [1.165, 1.54) is 0 Å². The van der Waals surface area contributed by atoms with Crippen molar-refractivity contribution in [3.8, 4) is 0 Å². The summed E-state index contributed by atoms with van der Waals surface area (Å²) in [6, 6.07) is 2.89. The standard InChI is InChI=1S/C13H21N5O/c1-2-3-4-5-8-17-13(19)18(12(14)15)11-6-9-16-10-7-11/h6-7,9-10H,2-5,8H2,1H3,(H3,14,15)(H,17,19). The zero-order valence-corrected chi connectivity index (χ0v) is 11.2. The summed E-state index contributed by atoms with van der Waals surface area (Å²) in [6.07, 6.45) is 7.45. The van der Waals surface area contributed by atoms with Crippen LogP contribution >= 0.6 is 0 Å². The predicted molar refractivity (Wildman–Crippen MR) is 76.2 cm³/mol. The van der Waals surface area contributed by atoms with Crippen molar-refractivity contribution >= 4 is 17.7 Å². The molecule has 0 saturated carbocycles. The van der Waals surface area contributed by atoms with Crippen LogP contribution in [0, 0.1) is 5.41 Å². The topological polar surface area (TPSA) is 95.1 Å². The minimum atomic E-state index is -0.379. The van der Waals surface area contributed by atoms with E-state index in [0.29, 0.717) is 12.2 Å². The second-order valence-electron chi connectivity index (χ2n) is 4.22. The summed E-state index contributed by atoms with van der Waals surface area (Å²) in [6.45, 7) is 2.73. The highest BCUT2D eigenvalue weighted by atomic mass is 16.2. The van der Waals surface area contributed by atoms with Gasteiger partial charge in [0.1, 0.15) is 0 Å². The number of nitrogens with two attached hydrogens (primary N) is 1. The Labute approximate surface area is 113 Å². The van der Waals surface area contributed by atoms with E-state index in [2.05, 4.69) is 17.2 Å². The minimum absolute atomic E-state index is 0.308. The lowest BCUT2D eigenvalue weighted by Gasteiger charge is -2.20. The van der Waals surface area contributed by atoms with Crippen molar-refractivity contribution < 1.29 is 4.79 Å². The highest BCUT2D eigenvalue weighted by Gasteiger charge is 2.17. The number of guanidine groups is 1. The molecule has 0 aliphatic heterocycles. The number of carbonyl (C=O) groups is 1. The molecule has 0 aromatic carbocycles. The first kappa shape index (κ1) is 14.9. The Bertz CT molecular complexity index is 407. The number of carbonyl (C=O) groups excluding carboxylic acids is 1. The second kappa shape index (κ2) is 8.07. The van der Waals surface area contributed by atoms with Crippen LogP contribution in [-0.4, -0.2) is 23.5 Å². The first-order valence-corrected chi connectivity index (χ1v) is 6.48. The van der Waals surface area contributed by atoms with Crippen molar-refractivity contribution in [3.63, 3.8) is 0 Å². The van der Waals surface area contributed by atoms with Crippen LogP contribution in [0.5, 0.6) is 0 Å². The van der Waals surface area contributed by atoms with Crippen LogP contribution in [0.2, 0.25) is 0 Å². The number of nitrogens with one attached hydrogen (secondary N) is 2. The third-order valence-electron chi connectivity index (χ3n) is 2.67. The molecule has 104 valence electrons. The summed E-state index contributed by atoms with van der Waals surface area (Å²) in [4.78, 5) is 17.0. The molecule has 6 nitrogen and oxygen atoms in total. The number of hydrogen-bond acceptors (Lipinski definition) is 3. The molecule has 1 aromatic heterocycles. The molecule has 19 heavy (non-hydrogen) atoms. The van der Waals surface area contributed by atoms with E-state index in [1.807, 2.05) is 0 Å². The Morgan fingerprint density at radius 2 is 2.05 bits per heavy atom. The van der Waals surface area contributed by atoms with Gasteiger partial charge in [-0.2, -0.15) is 0 Å². The van der Waals surface area contributed by atoms with Gasteiger partial charge >= 0.3 is 6.03 Å². The molecule has 1 aromatic rings. The van der Waals surface area contributed by atoms with Crippen molar-refractivity contribution in [2.75, 3.05) is 11.4 Å². The lowest BCUT2D eigenvalue weighted by Crippen LogP contribution is -2.47. The van der Waals surface area contributed by atoms with Crippen LogP contribution < -0.4 is 16.0 Å². The van der Waals surface area contributed by atoms with Crippen molar-refractivity contribution in [1.29, 1.82) is 5.41 Å². The molecule has 0 aliphatic rings. The van der Waals surface area contributed by atoms with Crippen LogP contribution in [0.15, 0.2) is 24.5 Å². The molecule has 0 radical (unpaired) electrons. The maximum atomic E-state index is 12.0. The van der Waals surface area contributed by atoms with E-state index in [9.17, 15) is 4.79 Å². The Kier molecular flexibility index (Phi) is 6.35. The number of urea groups is 1. The molecule has 2 amide bonds. The lowest BCUT2D eigenvalue weighted by atomic mass is 10.2. The van der Waals surface area contributed by atoms with Gasteiger partial charge in [-0.1, -0.05) is 26.2 Å². The highest BCUT2D eigenvalue weighted by Crippen LogP contribution is 2.11. The molecule has 4 N–H and O–H groups in total. The van der Waals surface area contributed by atoms with Gasteiger partial charge in [0.25, 0.3) is 0 Å². The summed E-state index contributed by atoms with van der Waals surface area (Å²) in [5, 5.41) is 10.3. The quantitative estimate of drug-likeness (QED) is 0.416. The number of amides is 2. The van der Waals surface area contributed by atoms with Crippen LogP contribution in [0.4, 0.5) is 10.5 Å². The average Bonchev–Trinajstić information content (AvgIpc) is 2.39. The lowest BCUT2D eigenvalue weighted by molar-refractivity contribution is 0.248. The number of nitrogens with zero attached hydrogens (tertiary/aromatic N) is 2. The van der Waals surface area contributed by atoms with Crippen LogP contribution in [0.25, 0.3) is 0 Å². The molecule has 0 unspecified atom stereocenters. The maximum absolute atomic E-state index is 12.0. The zero-order chi connectivity index (χ0) is 14.1. The van der Waals surface area contributed by atoms with Crippen LogP contribution in [-0.2, 0) is 0 Å². The Morgan fingerprint density at radius 3 is 2.63 bits per heavy atom. The number of hydrogen-bond donors (Lipinski definition) is 3. The minimum Gasteiger partial charge on any atom is -0.369 e. The molecule has 0 saturated heterocycles. The number of unbranched alkanes of at least 4 members (excludes halogenated alkanes) is 3. The van der Waals surface area contributed by atoms with Gasteiger partial charge in [0, 0.05) is 18.9 Å². The first-order valence-electron chi connectivity index (χ1n) is 6.48. The molecular weight excluding hydrogens is 242 g/mol. The Morgan fingerprint density at radius 1 is 1.37 bits per heavy atom. The van der Waals surface area contributed by atoms with E-state index in [0.717, 1.165) is 30.6 Å². The third-order valence-corrected chi connectivity index (χ3v) is 2.67. The van der Waals surface area contributed by atoms with Crippen molar-refractivity contribution in [1.82, 2.24) is 10.3 Å². The summed E-state index contributed by atoms with van der Waals surface area (Å²) in [5.74, 6) is -0.308. The SMILES string of the molecule is CCCCCCNC(=O)N(C(=N)N)c1ccncc1. The summed E-state index contributed by atoms with van der Waals surface area (Å²) in [7, 11) is 0. The van der Waals surface area contributed by atoms with Gasteiger partial charge in [0.2, 0.25) is 5.96 Å². The van der Waals surface area contributed by atoms with Gasteiger partial charge in [-0.3, -0.25) is 10.4 Å². The van der Waals surface area contributed by atoms with Gasteiger partial charge in [0.05, 0.1) is 5.69 Å². The largest absolute Gasteiger partial charge is 0.369 e. The molecule has 0 atom stereocenters. The fourth-order valence-corrected chi connectivity index (χ4v) is 1.69. The van der Waals surface area contributed by atoms with E-state index in [4.69, 9.17) is 11.1 Å². The van der Waals surface area contributed by atoms with Gasteiger partial charge < -0.3 is 11.1 Å². The van der Waals surface area contributed by atoms with Crippen LogP contribution in [0.1, 0.15) is 32.6 Å². The van der Waals surface area contributed by atoms with Crippen LogP contribution in [0.3, 0.4) is 0 Å². The second-order valence-corrected chi connectivity index (χ2v) is 4.22. The average molecular weight is 263 g/mol. The number of rotatable bonds is 6. The van der Waals surface area contributed by atoms with Gasteiger partial charge in [-0.25, -0.2) is 9.69 Å². The molecule has 1 rings (SSSR count). The van der Waals surface area contributed by atoms with Crippen molar-refractivity contribution in [2.24, 2.45) is 5.73 Å². The number of pyridine rings is 1. The van der Waals surface area contributed by atoms with Gasteiger partial charge in [-0.05, 0) is 18.6 Å². The van der Waals surface area contributed by atoms with E-state index in [-0.39, 0.29) is 12.0 Å². The molecule has 0 spiro atoms. The van der Waals surface area contributed by atoms with Crippen molar-refractivity contribution in [3.05, 3.63) is 24.5 Å². The maximum Gasteiger partial charge on any atom is 0.328 e. The highest BCUT2D eigenvalue weighted by molar-refractivity contribution is 6.13. The third kappa shape index (κ3) is 4.95. The predicted octanol–water partition coefficient (Wildman–Crippen LogP) is 2.07. The summed E-state index contributed by atoms with van der Waals surface area (Å²) in [5.41, 5.74) is 5.99. The fourth-order valence-electron chi connectivity index (χ4n) is 1.69. The first-order chi connectivity index (χ1) is 9.16. The fraction of sp³-hybridized carbons (Fsp3) is 0.462. The molecule has 0 bridgehead atoms. The Balaban J connectivity index is 2.53. The van der Waals surface area contributed by atoms with Crippen molar-refractivity contribution in [2.45, 2.75) is 32.6 Å². The molecular formula is C13H21N5O. The molecule has 1 heterocycles.